The second-order valence-corrected chi connectivity index (χ2v) is 11.4. The van der Waals surface area contributed by atoms with Crippen LogP contribution in [0.1, 0.15) is 52.9 Å². The zero-order valence-electron chi connectivity index (χ0n) is 18.8. The van der Waals surface area contributed by atoms with Crippen LogP contribution in [0.5, 0.6) is 0 Å². The van der Waals surface area contributed by atoms with Gasteiger partial charge in [-0.1, -0.05) is 46.6 Å². The molecule has 0 amide bonds. The molecular weight excluding hydrogens is 408 g/mol. The lowest BCUT2D eigenvalue weighted by atomic mass is 9.86. The number of aromatic nitrogens is 1. The third kappa shape index (κ3) is 5.21. The van der Waals surface area contributed by atoms with Gasteiger partial charge in [-0.3, -0.25) is 4.98 Å². The minimum absolute atomic E-state index is 0.0535. The molecule has 1 fully saturated rings. The van der Waals surface area contributed by atoms with Crippen LogP contribution in [-0.4, -0.2) is 19.9 Å². The molecule has 0 aliphatic heterocycles. The molecule has 1 heterocycles. The molecule has 1 aromatic carbocycles. The maximum Gasteiger partial charge on any atom is 0.208 e. The van der Waals surface area contributed by atoms with Crippen LogP contribution in [0.4, 0.5) is 17.1 Å². The molecular formula is C24H34N4O2S. The number of hydrogen-bond donors (Lipinski definition) is 2. The Kier molecular flexibility index (Phi) is 6.65. The van der Waals surface area contributed by atoms with E-state index in [-0.39, 0.29) is 15.2 Å². The van der Waals surface area contributed by atoms with Gasteiger partial charge in [-0.05, 0) is 43.0 Å². The summed E-state index contributed by atoms with van der Waals surface area (Å²) in [6.07, 6.45) is 8.91. The Labute approximate surface area is 186 Å². The third-order valence-electron chi connectivity index (χ3n) is 6.00. The molecule has 0 bridgehead atoms. The number of sulfone groups is 1. The molecule has 3 rings (SSSR count). The van der Waals surface area contributed by atoms with E-state index in [4.69, 9.17) is 11.5 Å². The number of nitrogen functional groups attached to an aromatic ring is 2. The van der Waals surface area contributed by atoms with Gasteiger partial charge in [-0.2, -0.15) is 0 Å². The lowest BCUT2D eigenvalue weighted by Crippen LogP contribution is -2.35. The van der Waals surface area contributed by atoms with Crippen molar-refractivity contribution in [2.75, 3.05) is 22.9 Å². The topological polar surface area (TPSA) is 102 Å². The number of nitrogens with two attached hydrogens (primary N) is 2. The highest BCUT2D eigenvalue weighted by Crippen LogP contribution is 2.38. The summed E-state index contributed by atoms with van der Waals surface area (Å²) in [5, 5.41) is 0. The summed E-state index contributed by atoms with van der Waals surface area (Å²) in [5.41, 5.74) is 14.5. The van der Waals surface area contributed by atoms with E-state index in [1.54, 1.807) is 12.1 Å². The summed E-state index contributed by atoms with van der Waals surface area (Å²) < 4.78 is 26.1. The Morgan fingerprint density at radius 1 is 1.10 bits per heavy atom. The molecule has 2 aromatic rings. The molecule has 1 saturated carbocycles. The molecule has 0 saturated heterocycles. The Morgan fingerprint density at radius 3 is 2.35 bits per heavy atom. The Balaban J connectivity index is 1.98. The van der Waals surface area contributed by atoms with Gasteiger partial charge in [0, 0.05) is 30.1 Å². The van der Waals surface area contributed by atoms with E-state index >= 15 is 0 Å². The molecule has 1 aliphatic carbocycles. The van der Waals surface area contributed by atoms with E-state index in [1.807, 2.05) is 0 Å². The van der Waals surface area contributed by atoms with E-state index in [1.165, 1.54) is 56.6 Å². The first-order chi connectivity index (χ1) is 14.5. The summed E-state index contributed by atoms with van der Waals surface area (Å²) in [5.74, 6) is 0.578. The van der Waals surface area contributed by atoms with Crippen molar-refractivity contribution in [2.24, 2.45) is 11.3 Å². The number of pyridine rings is 1. The third-order valence-corrected chi connectivity index (χ3v) is 7.72. The van der Waals surface area contributed by atoms with Crippen molar-refractivity contribution in [3.8, 4) is 0 Å². The number of anilines is 3. The fraction of sp³-hybridized carbons (Fsp3) is 0.458. The second-order valence-electron chi connectivity index (χ2n) is 9.49. The molecule has 1 aromatic heterocycles. The van der Waals surface area contributed by atoms with E-state index < -0.39 is 9.84 Å². The van der Waals surface area contributed by atoms with Gasteiger partial charge < -0.3 is 16.4 Å². The number of allylic oxidation sites excluding steroid dienone is 1. The van der Waals surface area contributed by atoms with Gasteiger partial charge in [-0.15, -0.1) is 0 Å². The minimum Gasteiger partial charge on any atom is -0.397 e. The first kappa shape index (κ1) is 23.1. The van der Waals surface area contributed by atoms with Crippen molar-refractivity contribution in [1.82, 2.24) is 4.98 Å². The van der Waals surface area contributed by atoms with E-state index in [9.17, 15) is 8.42 Å². The maximum absolute atomic E-state index is 13.0. The molecule has 168 valence electrons. The lowest BCUT2D eigenvalue weighted by Gasteiger charge is -2.38. The van der Waals surface area contributed by atoms with Crippen LogP contribution in [0.2, 0.25) is 0 Å². The van der Waals surface area contributed by atoms with Crippen LogP contribution < -0.4 is 16.4 Å². The first-order valence-electron chi connectivity index (χ1n) is 10.8. The highest BCUT2D eigenvalue weighted by molar-refractivity contribution is 7.91. The fourth-order valence-electron chi connectivity index (χ4n) is 4.05. The largest absolute Gasteiger partial charge is 0.397 e. The van der Waals surface area contributed by atoms with Crippen molar-refractivity contribution in [1.29, 1.82) is 0 Å². The Hall–Kier alpha value is -2.54. The van der Waals surface area contributed by atoms with Crippen LogP contribution in [0.25, 0.3) is 0 Å². The molecule has 31 heavy (non-hydrogen) atoms. The molecule has 0 radical (unpaired) electrons. The summed E-state index contributed by atoms with van der Waals surface area (Å²) in [6.45, 7) is 11.6. The minimum atomic E-state index is -3.77. The predicted octanol–water partition coefficient (Wildman–Crippen LogP) is 5.03. The molecule has 0 unspecified atom stereocenters. The summed E-state index contributed by atoms with van der Waals surface area (Å²) in [6, 6.07) is 6.33. The fourth-order valence-corrected chi connectivity index (χ4v) is 5.34. The highest BCUT2D eigenvalue weighted by Gasteiger charge is 2.28. The standard InChI is InChI=1S/C24H34N4O2S/c1-17(24(2,3)4)28(16-18-8-6-5-7-9-18)23-11-10-20(13-22(23)26)31(29,30)21-12-19(25)14-27-15-21/h10-15,18H,1,5-9,16,25-26H2,2-4H3. The SMILES string of the molecule is C=C(N(CC1CCCCC1)c1ccc(S(=O)(=O)c2cncc(N)c2)cc1N)C(C)(C)C. The zero-order valence-corrected chi connectivity index (χ0v) is 19.6. The Bertz CT molecular complexity index is 1050. The van der Waals surface area contributed by atoms with Gasteiger partial charge in [0.1, 0.15) is 0 Å². The number of rotatable bonds is 6. The molecule has 0 spiro atoms. The Morgan fingerprint density at radius 2 is 1.77 bits per heavy atom. The maximum atomic E-state index is 13.0. The monoisotopic (exact) mass is 442 g/mol. The van der Waals surface area contributed by atoms with Crippen LogP contribution in [0.15, 0.2) is 58.7 Å². The molecule has 0 atom stereocenters. The summed E-state index contributed by atoms with van der Waals surface area (Å²) in [4.78, 5) is 6.27. The second kappa shape index (κ2) is 8.91. The van der Waals surface area contributed by atoms with Crippen molar-refractivity contribution < 1.29 is 8.42 Å². The average Bonchev–Trinajstić information content (AvgIpc) is 2.72. The van der Waals surface area contributed by atoms with Gasteiger partial charge in [0.15, 0.2) is 0 Å². The number of hydrogen-bond acceptors (Lipinski definition) is 6. The normalized spacial score (nSPS) is 15.6. The zero-order chi connectivity index (χ0) is 22.8. The van der Waals surface area contributed by atoms with Crippen molar-refractivity contribution in [2.45, 2.75) is 62.7 Å². The van der Waals surface area contributed by atoms with Gasteiger partial charge in [0.25, 0.3) is 0 Å². The summed E-state index contributed by atoms with van der Waals surface area (Å²) in [7, 11) is -3.77. The molecule has 7 heteroatoms. The van der Waals surface area contributed by atoms with E-state index in [2.05, 4.69) is 37.2 Å². The quantitative estimate of drug-likeness (QED) is 0.609. The van der Waals surface area contributed by atoms with Crippen LogP contribution in [-0.2, 0) is 9.84 Å². The van der Waals surface area contributed by atoms with Crippen molar-refractivity contribution >= 4 is 26.9 Å². The lowest BCUT2D eigenvalue weighted by molar-refractivity contribution is 0.354. The van der Waals surface area contributed by atoms with E-state index in [0.717, 1.165) is 17.9 Å². The molecule has 1 aliphatic rings. The highest BCUT2D eigenvalue weighted by atomic mass is 32.2. The van der Waals surface area contributed by atoms with Gasteiger partial charge >= 0.3 is 0 Å². The summed E-state index contributed by atoms with van der Waals surface area (Å²) >= 11 is 0. The van der Waals surface area contributed by atoms with Crippen LogP contribution in [0, 0.1) is 11.3 Å². The van der Waals surface area contributed by atoms with Crippen LogP contribution in [0.3, 0.4) is 0 Å². The first-order valence-corrected chi connectivity index (χ1v) is 12.3. The smallest absolute Gasteiger partial charge is 0.208 e. The average molecular weight is 443 g/mol. The van der Waals surface area contributed by atoms with Crippen molar-refractivity contribution in [3.63, 3.8) is 0 Å². The van der Waals surface area contributed by atoms with Gasteiger partial charge in [-0.25, -0.2) is 8.42 Å². The van der Waals surface area contributed by atoms with Crippen molar-refractivity contribution in [3.05, 3.63) is 48.9 Å². The van der Waals surface area contributed by atoms with Crippen LogP contribution >= 0.6 is 0 Å². The number of benzene rings is 1. The number of nitrogens with zero attached hydrogens (tertiary/aromatic N) is 2. The van der Waals surface area contributed by atoms with Gasteiger partial charge in [0.2, 0.25) is 9.84 Å². The van der Waals surface area contributed by atoms with E-state index in [0.29, 0.717) is 17.3 Å². The molecule has 6 nitrogen and oxygen atoms in total. The predicted molar refractivity (Wildman–Crippen MR) is 127 cm³/mol. The molecule has 4 N–H and O–H groups in total. The van der Waals surface area contributed by atoms with Gasteiger partial charge in [0.05, 0.1) is 26.9 Å².